The second-order valence-electron chi connectivity index (χ2n) is 7.89. The maximum Gasteiger partial charge on any atom is 0.246 e. The molecule has 30 heavy (non-hydrogen) atoms. The van der Waals surface area contributed by atoms with Crippen LogP contribution in [0.25, 0.3) is 17.1 Å². The number of carbonyl (C=O) groups excluding carboxylic acids is 1. The molecule has 0 saturated carbocycles. The first-order valence-electron chi connectivity index (χ1n) is 10.2. The average Bonchev–Trinajstić information content (AvgIpc) is 3.16. The van der Waals surface area contributed by atoms with Gasteiger partial charge in [-0.15, -0.1) is 0 Å². The number of amides is 1. The van der Waals surface area contributed by atoms with Crippen molar-refractivity contribution in [3.8, 4) is 5.75 Å². The number of ether oxygens (including phenoxy) is 1. The molecule has 1 aromatic heterocycles. The van der Waals surface area contributed by atoms with Gasteiger partial charge >= 0.3 is 0 Å². The third kappa shape index (κ3) is 4.08. The Balaban J connectivity index is 1.40. The third-order valence-electron chi connectivity index (χ3n) is 5.85. The molecule has 0 aliphatic carbocycles. The Kier molecular flexibility index (Phi) is 5.57. The zero-order valence-corrected chi connectivity index (χ0v) is 17.5. The molecule has 156 valence electrons. The Hall–Kier alpha value is -3.15. The molecule has 1 saturated heterocycles. The van der Waals surface area contributed by atoms with Crippen molar-refractivity contribution < 1.29 is 13.9 Å². The van der Waals surface area contributed by atoms with Crippen LogP contribution >= 0.6 is 0 Å². The number of carbonyl (C=O) groups is 1. The van der Waals surface area contributed by atoms with Gasteiger partial charge in [0.2, 0.25) is 5.91 Å². The number of piperidine rings is 1. The van der Waals surface area contributed by atoms with E-state index in [0.717, 1.165) is 52.1 Å². The monoisotopic (exact) mass is 407 g/mol. The molecule has 2 aromatic carbocycles. The lowest BCUT2D eigenvalue weighted by molar-refractivity contribution is -0.127. The van der Waals surface area contributed by atoms with E-state index in [9.17, 15) is 9.18 Å². The molecular formula is C24H26FN3O2. The minimum absolute atomic E-state index is 0.0229. The van der Waals surface area contributed by atoms with E-state index in [0.29, 0.717) is 13.1 Å². The quantitative estimate of drug-likeness (QED) is 0.635. The number of rotatable bonds is 4. The van der Waals surface area contributed by atoms with Crippen LogP contribution in [0.5, 0.6) is 5.75 Å². The Morgan fingerprint density at radius 1 is 1.20 bits per heavy atom. The molecule has 1 aliphatic rings. The highest BCUT2D eigenvalue weighted by Crippen LogP contribution is 2.28. The molecule has 0 unspecified atom stereocenters. The number of aromatic nitrogens is 2. The first kappa shape index (κ1) is 20.1. The number of nitrogens with one attached hydrogen (secondary N) is 1. The predicted octanol–water partition coefficient (Wildman–Crippen LogP) is 4.75. The maximum absolute atomic E-state index is 13.4. The van der Waals surface area contributed by atoms with E-state index in [4.69, 9.17) is 4.74 Å². The number of aromatic amines is 1. The molecule has 0 spiro atoms. The third-order valence-corrected chi connectivity index (χ3v) is 5.85. The molecule has 5 nitrogen and oxygen atoms in total. The summed E-state index contributed by atoms with van der Waals surface area (Å²) in [6.07, 6.45) is 5.23. The minimum Gasteiger partial charge on any atom is -0.497 e. The normalized spacial score (nSPS) is 15.3. The van der Waals surface area contributed by atoms with Gasteiger partial charge in [0.25, 0.3) is 0 Å². The number of imidazole rings is 1. The molecule has 3 aromatic rings. The first-order valence-corrected chi connectivity index (χ1v) is 10.2. The fraction of sp³-hybridized carbons (Fsp3) is 0.333. The smallest absolute Gasteiger partial charge is 0.246 e. The van der Waals surface area contributed by atoms with Crippen LogP contribution in [-0.4, -0.2) is 41.0 Å². The topological polar surface area (TPSA) is 58.2 Å². The molecule has 6 heteroatoms. The van der Waals surface area contributed by atoms with Gasteiger partial charge in [-0.25, -0.2) is 9.37 Å². The van der Waals surface area contributed by atoms with E-state index in [1.807, 2.05) is 37.0 Å². The average molecular weight is 407 g/mol. The number of nitrogens with zero attached hydrogens (tertiary/aromatic N) is 2. The second-order valence-corrected chi connectivity index (χ2v) is 7.89. The van der Waals surface area contributed by atoms with Crippen LogP contribution in [0.15, 0.2) is 36.4 Å². The Labute approximate surface area is 175 Å². The van der Waals surface area contributed by atoms with Crippen molar-refractivity contribution in [3.63, 3.8) is 0 Å². The van der Waals surface area contributed by atoms with Gasteiger partial charge in [0.15, 0.2) is 0 Å². The van der Waals surface area contributed by atoms with Gasteiger partial charge in [-0.05, 0) is 79.8 Å². The van der Waals surface area contributed by atoms with Gasteiger partial charge in [-0.1, -0.05) is 0 Å². The minimum atomic E-state index is -0.271. The number of hydrogen-bond acceptors (Lipinski definition) is 3. The van der Waals surface area contributed by atoms with Gasteiger partial charge in [0, 0.05) is 25.1 Å². The lowest BCUT2D eigenvalue weighted by atomic mass is 9.96. The van der Waals surface area contributed by atoms with E-state index in [1.54, 1.807) is 19.3 Å². The van der Waals surface area contributed by atoms with Crippen molar-refractivity contribution in [3.05, 3.63) is 64.7 Å². The van der Waals surface area contributed by atoms with E-state index in [2.05, 4.69) is 9.97 Å². The summed E-state index contributed by atoms with van der Waals surface area (Å²) in [5.74, 6) is 1.70. The fourth-order valence-electron chi connectivity index (χ4n) is 4.14. The summed E-state index contributed by atoms with van der Waals surface area (Å²) in [6, 6.07) is 8.53. The van der Waals surface area contributed by atoms with Crippen molar-refractivity contribution in [1.82, 2.24) is 14.9 Å². The summed E-state index contributed by atoms with van der Waals surface area (Å²) in [5, 5.41) is 0. The van der Waals surface area contributed by atoms with Gasteiger partial charge in [0.05, 0.1) is 18.1 Å². The van der Waals surface area contributed by atoms with Crippen LogP contribution in [0.4, 0.5) is 4.39 Å². The van der Waals surface area contributed by atoms with Crippen molar-refractivity contribution in [1.29, 1.82) is 0 Å². The van der Waals surface area contributed by atoms with Crippen LogP contribution in [0.1, 0.15) is 41.3 Å². The van der Waals surface area contributed by atoms with E-state index < -0.39 is 0 Å². The van der Waals surface area contributed by atoms with Crippen LogP contribution in [0.3, 0.4) is 0 Å². The molecule has 4 rings (SSSR count). The standard InChI is InChI=1S/C24H26FN3O2/c1-15-12-19(30-3)13-16(2)20(15)5-7-23(29)28-10-8-17(9-11-28)24-26-21-6-4-18(25)14-22(21)27-24/h4-7,12-14,17H,8-11H2,1-3H3,(H,26,27)/b7-5+. The number of halogens is 1. The highest BCUT2D eigenvalue weighted by atomic mass is 19.1. The number of likely N-dealkylation sites (tertiary alicyclic amines) is 1. The van der Waals surface area contributed by atoms with Gasteiger partial charge in [-0.3, -0.25) is 4.79 Å². The van der Waals surface area contributed by atoms with Crippen LogP contribution in [0.2, 0.25) is 0 Å². The largest absolute Gasteiger partial charge is 0.497 e. The summed E-state index contributed by atoms with van der Waals surface area (Å²) in [5.41, 5.74) is 4.70. The molecule has 1 amide bonds. The summed E-state index contributed by atoms with van der Waals surface area (Å²) in [6.45, 7) is 5.40. The molecule has 1 N–H and O–H groups in total. The summed E-state index contributed by atoms with van der Waals surface area (Å²) in [4.78, 5) is 22.4. The number of benzene rings is 2. The van der Waals surface area contributed by atoms with E-state index >= 15 is 0 Å². The zero-order chi connectivity index (χ0) is 21.3. The second kappa shape index (κ2) is 8.30. The first-order chi connectivity index (χ1) is 14.4. The molecule has 0 radical (unpaired) electrons. The highest BCUT2D eigenvalue weighted by molar-refractivity contribution is 5.92. The predicted molar refractivity (Wildman–Crippen MR) is 116 cm³/mol. The van der Waals surface area contributed by atoms with Crippen molar-refractivity contribution in [2.24, 2.45) is 0 Å². The number of H-pyrrole nitrogens is 1. The van der Waals surface area contributed by atoms with Gasteiger partial charge < -0.3 is 14.6 Å². The number of aryl methyl sites for hydroxylation is 2. The van der Waals surface area contributed by atoms with Crippen LogP contribution < -0.4 is 4.74 Å². The number of fused-ring (bicyclic) bond motifs is 1. The van der Waals surface area contributed by atoms with Gasteiger partial charge in [0.1, 0.15) is 17.4 Å². The van der Waals surface area contributed by atoms with E-state index in [1.165, 1.54) is 12.1 Å². The van der Waals surface area contributed by atoms with Crippen molar-refractivity contribution >= 4 is 23.0 Å². The van der Waals surface area contributed by atoms with Crippen LogP contribution in [-0.2, 0) is 4.79 Å². The molecule has 1 fully saturated rings. The molecule has 0 atom stereocenters. The Morgan fingerprint density at radius 3 is 2.57 bits per heavy atom. The lowest BCUT2D eigenvalue weighted by Crippen LogP contribution is -2.37. The summed E-state index contributed by atoms with van der Waals surface area (Å²) in [7, 11) is 1.65. The lowest BCUT2D eigenvalue weighted by Gasteiger charge is -2.30. The molecular weight excluding hydrogens is 381 g/mol. The number of methoxy groups -OCH3 is 1. The van der Waals surface area contributed by atoms with Crippen molar-refractivity contribution in [2.45, 2.75) is 32.6 Å². The number of hydrogen-bond donors (Lipinski definition) is 1. The SMILES string of the molecule is COc1cc(C)c(/C=C/C(=O)N2CCC(c3nc4ccc(F)cc4[nH]3)CC2)c(C)c1. The molecule has 0 bridgehead atoms. The Bertz CT molecular complexity index is 1090. The summed E-state index contributed by atoms with van der Waals surface area (Å²) < 4.78 is 18.7. The Morgan fingerprint density at radius 2 is 1.90 bits per heavy atom. The van der Waals surface area contributed by atoms with Gasteiger partial charge in [-0.2, -0.15) is 0 Å². The van der Waals surface area contributed by atoms with Crippen LogP contribution in [0, 0.1) is 19.7 Å². The summed E-state index contributed by atoms with van der Waals surface area (Å²) >= 11 is 0. The molecule has 2 heterocycles. The maximum atomic E-state index is 13.4. The fourth-order valence-corrected chi connectivity index (χ4v) is 4.14. The molecule has 1 aliphatic heterocycles. The van der Waals surface area contributed by atoms with Crippen molar-refractivity contribution in [2.75, 3.05) is 20.2 Å². The highest BCUT2D eigenvalue weighted by Gasteiger charge is 2.25. The zero-order valence-electron chi connectivity index (χ0n) is 17.5. The van der Waals surface area contributed by atoms with E-state index in [-0.39, 0.29) is 17.6 Å².